The lowest BCUT2D eigenvalue weighted by molar-refractivity contribution is 0.468. The van der Waals surface area contributed by atoms with Crippen molar-refractivity contribution in [1.29, 1.82) is 0 Å². The number of hydrogen-bond acceptors (Lipinski definition) is 2. The molecule has 2 nitrogen and oxygen atoms in total. The van der Waals surface area contributed by atoms with E-state index >= 15 is 0 Å². The monoisotopic (exact) mass is 373 g/mol. The summed E-state index contributed by atoms with van der Waals surface area (Å²) in [5, 5.41) is 13.1. The summed E-state index contributed by atoms with van der Waals surface area (Å²) in [6, 6.07) is 3.89. The highest BCUT2D eigenvalue weighted by molar-refractivity contribution is 9.11. The topological polar surface area (TPSA) is 32.3 Å². The van der Waals surface area contributed by atoms with Crippen molar-refractivity contribution in [3.05, 3.63) is 38.3 Å². The number of benzene rings is 1. The van der Waals surface area contributed by atoms with Crippen LogP contribution in [0.25, 0.3) is 0 Å². The summed E-state index contributed by atoms with van der Waals surface area (Å²) < 4.78 is 1.46. The number of rotatable bonds is 5. The van der Waals surface area contributed by atoms with E-state index in [-0.39, 0.29) is 5.75 Å². The first-order chi connectivity index (χ1) is 8.66. The summed E-state index contributed by atoms with van der Waals surface area (Å²) in [5.74, 6) is 0.259. The van der Waals surface area contributed by atoms with E-state index < -0.39 is 0 Å². The van der Waals surface area contributed by atoms with E-state index in [9.17, 15) is 5.11 Å². The second kappa shape index (κ2) is 6.73. The Labute approximate surface area is 125 Å². The van der Waals surface area contributed by atoms with Crippen LogP contribution in [0.15, 0.2) is 32.7 Å². The molecule has 0 heterocycles. The Bertz CT molecular complexity index is 434. The smallest absolute Gasteiger partial charge is 0.143 e. The molecule has 0 aromatic heterocycles. The van der Waals surface area contributed by atoms with Crippen LogP contribution in [0.1, 0.15) is 31.2 Å². The number of nitrogens with one attached hydrogen (secondary N) is 1. The van der Waals surface area contributed by atoms with Gasteiger partial charge in [-0.3, -0.25) is 0 Å². The molecule has 0 atom stereocenters. The number of aromatic hydroxyl groups is 1. The minimum atomic E-state index is 0.259. The Morgan fingerprint density at radius 3 is 2.56 bits per heavy atom. The zero-order valence-electron chi connectivity index (χ0n) is 10.2. The zero-order valence-corrected chi connectivity index (χ0v) is 13.3. The Kier molecular flexibility index (Phi) is 5.27. The van der Waals surface area contributed by atoms with E-state index in [0.29, 0.717) is 0 Å². The van der Waals surface area contributed by atoms with Crippen LogP contribution in [0.3, 0.4) is 0 Å². The molecule has 98 valence electrons. The molecule has 0 aliphatic heterocycles. The molecule has 0 bridgehead atoms. The molecule has 2 rings (SSSR count). The lowest BCUT2D eigenvalue weighted by atomic mass is 10.1. The third-order valence-electron chi connectivity index (χ3n) is 3.16. The molecule has 0 spiro atoms. The van der Waals surface area contributed by atoms with E-state index in [2.05, 4.69) is 43.3 Å². The van der Waals surface area contributed by atoms with E-state index in [1.807, 2.05) is 12.1 Å². The largest absolute Gasteiger partial charge is 0.506 e. The van der Waals surface area contributed by atoms with Gasteiger partial charge in [0, 0.05) is 6.54 Å². The van der Waals surface area contributed by atoms with Gasteiger partial charge in [-0.25, -0.2) is 0 Å². The molecule has 1 aromatic carbocycles. The van der Waals surface area contributed by atoms with Gasteiger partial charge in [-0.05, 0) is 81.8 Å². The standard InChI is InChI=1S/C14H17Br2NO/c15-12-7-11(8-13(16)14(12)18)9-17-6-5-10-3-1-2-4-10/h3,7-8,17-18H,1-2,4-6,9H2. The van der Waals surface area contributed by atoms with Gasteiger partial charge < -0.3 is 10.4 Å². The van der Waals surface area contributed by atoms with E-state index in [1.165, 1.54) is 19.3 Å². The molecule has 0 radical (unpaired) electrons. The maximum atomic E-state index is 9.62. The van der Waals surface area contributed by atoms with Gasteiger partial charge in [-0.1, -0.05) is 11.6 Å². The van der Waals surface area contributed by atoms with Gasteiger partial charge in [0.25, 0.3) is 0 Å². The van der Waals surface area contributed by atoms with E-state index in [1.54, 1.807) is 5.57 Å². The van der Waals surface area contributed by atoms with Gasteiger partial charge in [-0.15, -0.1) is 0 Å². The Morgan fingerprint density at radius 1 is 1.22 bits per heavy atom. The van der Waals surface area contributed by atoms with Gasteiger partial charge in [0.05, 0.1) is 8.95 Å². The quantitative estimate of drug-likeness (QED) is 0.587. The molecule has 1 aliphatic rings. The van der Waals surface area contributed by atoms with Crippen LogP contribution in [-0.2, 0) is 6.54 Å². The highest BCUT2D eigenvalue weighted by Gasteiger charge is 2.06. The van der Waals surface area contributed by atoms with Gasteiger partial charge in [0.1, 0.15) is 5.75 Å². The van der Waals surface area contributed by atoms with Crippen LogP contribution < -0.4 is 5.32 Å². The number of allylic oxidation sites excluding steroid dienone is 1. The number of hydrogen-bond donors (Lipinski definition) is 2. The first-order valence-electron chi connectivity index (χ1n) is 6.22. The summed E-state index contributed by atoms with van der Waals surface area (Å²) in [5.41, 5.74) is 2.75. The lowest BCUT2D eigenvalue weighted by Crippen LogP contribution is -2.15. The SMILES string of the molecule is Oc1c(Br)cc(CNCCC2=CCCC2)cc1Br. The van der Waals surface area contributed by atoms with Crippen LogP contribution in [0.2, 0.25) is 0 Å². The van der Waals surface area contributed by atoms with Crippen molar-refractivity contribution < 1.29 is 5.11 Å². The fourth-order valence-corrected chi connectivity index (χ4v) is 3.45. The predicted octanol–water partition coefficient (Wildman–Crippen LogP) is 4.51. The Morgan fingerprint density at radius 2 is 1.94 bits per heavy atom. The molecule has 1 aromatic rings. The third-order valence-corrected chi connectivity index (χ3v) is 4.37. The maximum absolute atomic E-state index is 9.62. The van der Waals surface area contributed by atoms with Crippen molar-refractivity contribution in [2.24, 2.45) is 0 Å². The fourth-order valence-electron chi connectivity index (χ4n) is 2.17. The van der Waals surface area contributed by atoms with Crippen LogP contribution in [0.5, 0.6) is 5.75 Å². The third kappa shape index (κ3) is 3.84. The molecule has 0 saturated heterocycles. The molecule has 0 saturated carbocycles. The summed E-state index contributed by atoms with van der Waals surface area (Å²) in [4.78, 5) is 0. The molecular formula is C14H17Br2NO. The van der Waals surface area contributed by atoms with Crippen molar-refractivity contribution in [1.82, 2.24) is 5.32 Å². The maximum Gasteiger partial charge on any atom is 0.143 e. The minimum Gasteiger partial charge on any atom is -0.506 e. The Balaban J connectivity index is 1.79. The van der Waals surface area contributed by atoms with Crippen molar-refractivity contribution in [3.8, 4) is 5.75 Å². The van der Waals surface area contributed by atoms with Gasteiger partial charge >= 0.3 is 0 Å². The molecule has 2 N–H and O–H groups in total. The Hall–Kier alpha value is -0.320. The second-order valence-corrected chi connectivity index (χ2v) is 6.30. The lowest BCUT2D eigenvalue weighted by Gasteiger charge is -2.08. The van der Waals surface area contributed by atoms with Crippen molar-refractivity contribution in [2.75, 3.05) is 6.54 Å². The molecular weight excluding hydrogens is 358 g/mol. The highest BCUT2D eigenvalue weighted by Crippen LogP contribution is 2.33. The van der Waals surface area contributed by atoms with E-state index in [0.717, 1.165) is 34.0 Å². The molecule has 1 aliphatic carbocycles. The first-order valence-corrected chi connectivity index (χ1v) is 7.81. The predicted molar refractivity (Wildman–Crippen MR) is 81.8 cm³/mol. The molecule has 18 heavy (non-hydrogen) atoms. The number of phenolic OH excluding ortho intramolecular Hbond substituents is 1. The average molecular weight is 375 g/mol. The van der Waals surface area contributed by atoms with Crippen LogP contribution in [0, 0.1) is 0 Å². The van der Waals surface area contributed by atoms with Gasteiger partial charge in [0.2, 0.25) is 0 Å². The minimum absolute atomic E-state index is 0.259. The summed E-state index contributed by atoms with van der Waals surface area (Å²) in [6.45, 7) is 1.84. The van der Waals surface area contributed by atoms with Gasteiger partial charge in [-0.2, -0.15) is 0 Å². The number of phenols is 1. The zero-order chi connectivity index (χ0) is 13.0. The molecule has 4 heteroatoms. The summed E-state index contributed by atoms with van der Waals surface area (Å²) in [6.07, 6.45) is 7.38. The van der Waals surface area contributed by atoms with E-state index in [4.69, 9.17) is 0 Å². The van der Waals surface area contributed by atoms with Crippen LogP contribution in [-0.4, -0.2) is 11.7 Å². The second-order valence-electron chi connectivity index (χ2n) is 4.59. The van der Waals surface area contributed by atoms with Gasteiger partial charge in [0.15, 0.2) is 0 Å². The molecule has 0 fully saturated rings. The first kappa shape index (κ1) is 14.1. The van der Waals surface area contributed by atoms with Crippen LogP contribution in [0.4, 0.5) is 0 Å². The summed E-state index contributed by atoms with van der Waals surface area (Å²) >= 11 is 6.69. The van der Waals surface area contributed by atoms with Crippen molar-refractivity contribution in [3.63, 3.8) is 0 Å². The normalized spacial score (nSPS) is 14.9. The summed E-state index contributed by atoms with van der Waals surface area (Å²) in [7, 11) is 0. The van der Waals surface area contributed by atoms with Crippen LogP contribution >= 0.6 is 31.9 Å². The van der Waals surface area contributed by atoms with Crippen molar-refractivity contribution >= 4 is 31.9 Å². The number of halogens is 2. The average Bonchev–Trinajstić information content (AvgIpc) is 2.84. The van der Waals surface area contributed by atoms with Crippen molar-refractivity contribution in [2.45, 2.75) is 32.2 Å². The molecule has 0 unspecified atom stereocenters. The molecule has 0 amide bonds. The fraction of sp³-hybridized carbons (Fsp3) is 0.429. The highest BCUT2D eigenvalue weighted by atomic mass is 79.9.